The highest BCUT2D eigenvalue weighted by Gasteiger charge is 2.19. The monoisotopic (exact) mass is 1010 g/mol. The first-order valence-corrected chi connectivity index (χ1v) is 22.3. The van der Waals surface area contributed by atoms with Gasteiger partial charge < -0.3 is 65.3 Å². The zero-order valence-electron chi connectivity index (χ0n) is 41.6. The minimum atomic E-state index is -0.527. The number of nitrogens with zero attached hydrogens (tertiary/aromatic N) is 3. The maximum absolute atomic E-state index is 12.4. The summed E-state index contributed by atoms with van der Waals surface area (Å²) in [6.45, 7) is 7.02. The van der Waals surface area contributed by atoms with E-state index in [9.17, 15) is 24.3 Å². The van der Waals surface area contributed by atoms with Gasteiger partial charge in [-0.2, -0.15) is 0 Å². The third kappa shape index (κ3) is 22.6. The van der Waals surface area contributed by atoms with Crippen molar-refractivity contribution in [1.82, 2.24) is 0 Å². The number of carbonyl (C=O) groups excluding carboxylic acids is 4. The van der Waals surface area contributed by atoms with Crippen molar-refractivity contribution in [3.63, 3.8) is 0 Å². The lowest BCUT2D eigenvalue weighted by Gasteiger charge is -2.29. The third-order valence-corrected chi connectivity index (χ3v) is 10.2. The number of aliphatic hydroxyl groups excluding tert-OH is 1. The summed E-state index contributed by atoms with van der Waals surface area (Å²) in [4.78, 5) is 48.0. The summed E-state index contributed by atoms with van der Waals surface area (Å²) in [5.74, 6) is 0.343. The molecule has 0 aliphatic carbocycles. The SMILES string of the molecule is C=CC(=O)OCC[N+](C)(C)Cc1ccc(C(=O)c2ccccc2)cc1.C[N+](C)(C)CC(O)COc1ccc(C(=O)c2ccccc2)cc1.C[N+](C)(C)Cc1ccc(C(=O)c2ccccc2)cc1.[Cl-].[Cl-].[Cl-]. The lowest BCUT2D eigenvalue weighted by molar-refractivity contribution is -0.903. The number of benzene rings is 6. The molecular formula is C57H68Cl3N3O7. The van der Waals surface area contributed by atoms with E-state index < -0.39 is 12.1 Å². The highest BCUT2D eigenvalue weighted by Crippen LogP contribution is 2.18. The topological polar surface area (TPSA) is 107 Å². The van der Waals surface area contributed by atoms with Gasteiger partial charge in [0.05, 0.1) is 56.4 Å². The quantitative estimate of drug-likeness (QED) is 0.0516. The lowest BCUT2D eigenvalue weighted by atomic mass is 10.0. The van der Waals surface area contributed by atoms with Crippen LogP contribution in [0, 0.1) is 0 Å². The van der Waals surface area contributed by atoms with Gasteiger partial charge in [-0.25, -0.2) is 4.79 Å². The van der Waals surface area contributed by atoms with Gasteiger partial charge in [0.2, 0.25) is 0 Å². The molecule has 0 radical (unpaired) electrons. The van der Waals surface area contributed by atoms with Crippen LogP contribution in [0.15, 0.2) is 176 Å². The van der Waals surface area contributed by atoms with Crippen LogP contribution >= 0.6 is 0 Å². The molecule has 6 rings (SSSR count). The van der Waals surface area contributed by atoms with E-state index in [4.69, 9.17) is 9.47 Å². The molecule has 0 bridgehead atoms. The van der Waals surface area contributed by atoms with E-state index in [1.54, 1.807) is 36.4 Å². The van der Waals surface area contributed by atoms with Crippen LogP contribution in [0.2, 0.25) is 0 Å². The number of hydrogen-bond donors (Lipinski definition) is 1. The number of halogens is 3. The normalized spacial score (nSPS) is 11.2. The minimum Gasteiger partial charge on any atom is -1.00 e. The lowest BCUT2D eigenvalue weighted by Crippen LogP contribution is -3.00. The number of hydrogen-bond acceptors (Lipinski definition) is 7. The standard InChI is InChI=1S/C21H24NO3.C19H24NO3.C17H20NO.3ClH/c1-4-20(23)25-15-14-22(2,3)16-17-10-12-19(13-11-17)21(24)18-8-6-5-7-9-18;1-20(2,3)13-17(21)14-23-18-11-9-16(10-12-18)19(22)15-7-5-4-6-8-15;1-18(2,3)13-14-9-11-16(12-10-14)17(19)15-7-5-4-6-8-15;;;/h4-13H,1,14-16H2,2-3H3;4-12,17,21H,13-14H2,1-3H3;4-12H,13H2,1-3H3;3*1H/q3*+1;;;/p-3. The molecule has 0 saturated carbocycles. The number of aliphatic hydroxyl groups is 1. The number of rotatable bonds is 19. The number of ether oxygens (including phenoxy) is 2. The van der Waals surface area contributed by atoms with E-state index in [2.05, 4.69) is 41.8 Å². The molecule has 1 unspecified atom stereocenters. The molecule has 13 heteroatoms. The minimum absolute atomic E-state index is 0. The highest BCUT2D eigenvalue weighted by molar-refractivity contribution is 6.10. The maximum Gasteiger partial charge on any atom is 0.330 e. The number of likely N-dealkylation sites (N-methyl/N-ethyl adjacent to an activating group) is 2. The Hall–Kier alpha value is -5.95. The molecule has 0 spiro atoms. The number of carbonyl (C=O) groups is 4. The van der Waals surface area contributed by atoms with Crippen molar-refractivity contribution >= 4 is 23.3 Å². The van der Waals surface area contributed by atoms with Crippen LogP contribution in [0.3, 0.4) is 0 Å². The summed E-state index contributed by atoms with van der Waals surface area (Å²) < 4.78 is 12.9. The van der Waals surface area contributed by atoms with Gasteiger partial charge in [0, 0.05) is 50.6 Å². The Bertz CT molecular complexity index is 2490. The van der Waals surface area contributed by atoms with E-state index in [0.29, 0.717) is 56.7 Å². The molecule has 0 heterocycles. The first kappa shape index (κ1) is 62.1. The van der Waals surface area contributed by atoms with Crippen LogP contribution in [0.25, 0.3) is 0 Å². The largest absolute Gasteiger partial charge is 1.00 e. The molecule has 374 valence electrons. The van der Waals surface area contributed by atoms with Crippen LogP contribution in [-0.2, 0) is 22.6 Å². The number of esters is 1. The molecule has 6 aromatic carbocycles. The molecule has 0 fully saturated rings. The van der Waals surface area contributed by atoms with Gasteiger partial charge in [-0.15, -0.1) is 0 Å². The van der Waals surface area contributed by atoms with E-state index in [1.807, 2.05) is 149 Å². The Kier molecular flexibility index (Phi) is 26.5. The first-order chi connectivity index (χ1) is 31.7. The number of quaternary nitrogens is 3. The highest BCUT2D eigenvalue weighted by atomic mass is 35.5. The Morgan fingerprint density at radius 2 is 0.843 bits per heavy atom. The van der Waals surface area contributed by atoms with Gasteiger partial charge in [-0.1, -0.05) is 146 Å². The zero-order valence-corrected chi connectivity index (χ0v) is 43.8. The van der Waals surface area contributed by atoms with Gasteiger partial charge >= 0.3 is 5.97 Å². The molecule has 10 nitrogen and oxygen atoms in total. The zero-order chi connectivity index (χ0) is 49.0. The summed E-state index contributed by atoms with van der Waals surface area (Å²) in [5.41, 5.74) is 6.52. The Morgan fingerprint density at radius 1 is 0.500 bits per heavy atom. The van der Waals surface area contributed by atoms with Crippen molar-refractivity contribution in [3.8, 4) is 5.75 Å². The summed E-state index contributed by atoms with van der Waals surface area (Å²) in [7, 11) is 16.7. The second-order valence-electron chi connectivity index (χ2n) is 19.1. The fraction of sp³-hybridized carbons (Fsp3) is 0.263. The van der Waals surface area contributed by atoms with Gasteiger partial charge in [-0.3, -0.25) is 14.4 Å². The summed E-state index contributed by atoms with van der Waals surface area (Å²) >= 11 is 0. The maximum atomic E-state index is 12.4. The van der Waals surface area contributed by atoms with E-state index in [-0.39, 0.29) is 61.2 Å². The van der Waals surface area contributed by atoms with Crippen LogP contribution in [0.1, 0.15) is 58.9 Å². The molecule has 1 N–H and O–H groups in total. The van der Waals surface area contributed by atoms with Crippen molar-refractivity contribution in [2.75, 3.05) is 82.7 Å². The van der Waals surface area contributed by atoms with Crippen LogP contribution in [0.4, 0.5) is 0 Å². The van der Waals surface area contributed by atoms with Crippen LogP contribution in [-0.4, -0.2) is 131 Å². The third-order valence-electron chi connectivity index (χ3n) is 10.2. The van der Waals surface area contributed by atoms with Crippen molar-refractivity contribution in [1.29, 1.82) is 0 Å². The molecule has 6 aromatic rings. The second kappa shape index (κ2) is 29.9. The van der Waals surface area contributed by atoms with Crippen molar-refractivity contribution in [3.05, 3.63) is 221 Å². The fourth-order valence-electron chi connectivity index (χ4n) is 6.94. The van der Waals surface area contributed by atoms with Crippen LogP contribution in [0.5, 0.6) is 5.75 Å². The molecule has 0 aliphatic heterocycles. The molecule has 0 aromatic heterocycles. The predicted octanol–water partition coefficient (Wildman–Crippen LogP) is -0.277. The summed E-state index contributed by atoms with van der Waals surface area (Å²) in [5, 5.41) is 9.94. The predicted molar refractivity (Wildman–Crippen MR) is 267 cm³/mol. The van der Waals surface area contributed by atoms with E-state index in [0.717, 1.165) is 34.3 Å². The molecule has 1 atom stereocenters. The van der Waals surface area contributed by atoms with Gasteiger partial charge in [-0.05, 0) is 24.3 Å². The van der Waals surface area contributed by atoms with Crippen molar-refractivity contribution < 1.29 is 84.4 Å². The van der Waals surface area contributed by atoms with Gasteiger partial charge in [0.25, 0.3) is 0 Å². The van der Waals surface area contributed by atoms with Gasteiger partial charge in [0.15, 0.2) is 17.3 Å². The van der Waals surface area contributed by atoms with E-state index in [1.165, 1.54) is 11.6 Å². The Morgan fingerprint density at radius 3 is 1.19 bits per heavy atom. The summed E-state index contributed by atoms with van der Waals surface area (Å²) in [6.07, 6.45) is 0.642. The Labute approximate surface area is 434 Å². The fourth-order valence-corrected chi connectivity index (χ4v) is 6.94. The molecule has 0 saturated heterocycles. The van der Waals surface area contributed by atoms with Crippen molar-refractivity contribution in [2.45, 2.75) is 19.2 Å². The molecule has 0 aliphatic rings. The molecular weight excluding hydrogens is 945 g/mol. The Balaban J connectivity index is 0.000000518. The average molecular weight is 1010 g/mol. The number of ketones is 3. The smallest absolute Gasteiger partial charge is 0.330 e. The average Bonchev–Trinajstić information content (AvgIpc) is 3.31. The molecule has 70 heavy (non-hydrogen) atoms. The summed E-state index contributed by atoms with van der Waals surface area (Å²) in [6, 6.07) is 50.4. The first-order valence-electron chi connectivity index (χ1n) is 22.3. The second-order valence-corrected chi connectivity index (χ2v) is 19.1. The van der Waals surface area contributed by atoms with Crippen LogP contribution < -0.4 is 42.0 Å². The van der Waals surface area contributed by atoms with Gasteiger partial charge in [0.1, 0.15) is 51.2 Å². The van der Waals surface area contributed by atoms with E-state index >= 15 is 0 Å². The molecule has 0 amide bonds. The van der Waals surface area contributed by atoms with Crippen molar-refractivity contribution in [2.24, 2.45) is 0 Å².